The Morgan fingerprint density at radius 2 is 1.77 bits per heavy atom. The highest BCUT2D eigenvalue weighted by molar-refractivity contribution is 5.81. The zero-order valence-electron chi connectivity index (χ0n) is 17.6. The molecule has 0 aliphatic carbocycles. The second kappa shape index (κ2) is 8.49. The van der Waals surface area contributed by atoms with E-state index in [4.69, 9.17) is 4.74 Å². The van der Waals surface area contributed by atoms with E-state index in [1.54, 1.807) is 0 Å². The summed E-state index contributed by atoms with van der Waals surface area (Å²) in [6.07, 6.45) is 0.992. The number of piperazine rings is 1. The summed E-state index contributed by atoms with van der Waals surface area (Å²) in [5.41, 5.74) is 3.04. The molecule has 1 aliphatic rings. The van der Waals surface area contributed by atoms with Gasteiger partial charge in [0.1, 0.15) is 5.75 Å². The van der Waals surface area contributed by atoms with E-state index in [0.717, 1.165) is 61.4 Å². The molecule has 1 aliphatic heterocycles. The van der Waals surface area contributed by atoms with Crippen molar-refractivity contribution in [2.45, 2.75) is 6.42 Å². The Morgan fingerprint density at radius 1 is 0.968 bits per heavy atom. The van der Waals surface area contributed by atoms with Crippen LogP contribution in [0.5, 0.6) is 5.75 Å². The van der Waals surface area contributed by atoms with Crippen LogP contribution in [-0.4, -0.2) is 76.1 Å². The molecule has 0 radical (unpaired) electrons. The van der Waals surface area contributed by atoms with Crippen molar-refractivity contribution in [1.82, 2.24) is 29.7 Å². The third kappa shape index (κ3) is 4.30. The Morgan fingerprint density at radius 3 is 2.65 bits per heavy atom. The van der Waals surface area contributed by atoms with Gasteiger partial charge in [0.2, 0.25) is 0 Å². The van der Waals surface area contributed by atoms with Crippen molar-refractivity contribution < 1.29 is 4.74 Å². The molecule has 5 rings (SSSR count). The summed E-state index contributed by atoms with van der Waals surface area (Å²) in [7, 11) is 2.17. The van der Waals surface area contributed by atoms with E-state index in [0.29, 0.717) is 17.9 Å². The van der Waals surface area contributed by atoms with Gasteiger partial charge >= 0.3 is 0 Å². The van der Waals surface area contributed by atoms with Gasteiger partial charge < -0.3 is 24.5 Å². The SMILES string of the molecule is CN1CCN(CCCOc2ccc3nc(-c4nc5ccccc5[nH]c4=O)[nH]c3c2)CC1. The number of H-pyrrole nitrogens is 2. The van der Waals surface area contributed by atoms with E-state index >= 15 is 0 Å². The number of likely N-dealkylation sites (N-methyl/N-ethyl adjacent to an activating group) is 1. The Labute approximate surface area is 179 Å². The fourth-order valence-corrected chi connectivity index (χ4v) is 3.93. The molecule has 1 saturated heterocycles. The predicted octanol–water partition coefficient (Wildman–Crippen LogP) is 2.48. The van der Waals surface area contributed by atoms with Gasteiger partial charge in [0.15, 0.2) is 11.5 Å². The average molecular weight is 419 g/mol. The quantitative estimate of drug-likeness (QED) is 0.468. The molecule has 2 aromatic heterocycles. The molecule has 0 atom stereocenters. The van der Waals surface area contributed by atoms with E-state index in [-0.39, 0.29) is 11.3 Å². The summed E-state index contributed by atoms with van der Waals surface area (Å²) in [4.78, 5) is 32.5. The van der Waals surface area contributed by atoms with Gasteiger partial charge in [-0.05, 0) is 37.7 Å². The van der Waals surface area contributed by atoms with Crippen LogP contribution in [-0.2, 0) is 0 Å². The van der Waals surface area contributed by atoms with Gasteiger partial charge in [-0.3, -0.25) is 4.79 Å². The number of fused-ring (bicyclic) bond motifs is 2. The monoisotopic (exact) mass is 418 g/mol. The zero-order chi connectivity index (χ0) is 21.2. The lowest BCUT2D eigenvalue weighted by Crippen LogP contribution is -2.44. The van der Waals surface area contributed by atoms with Crippen LogP contribution >= 0.6 is 0 Å². The lowest BCUT2D eigenvalue weighted by molar-refractivity contribution is 0.145. The first-order chi connectivity index (χ1) is 15.2. The normalized spacial score (nSPS) is 15.6. The number of hydrogen-bond acceptors (Lipinski definition) is 6. The average Bonchev–Trinajstić information content (AvgIpc) is 3.20. The van der Waals surface area contributed by atoms with Crippen LogP contribution in [0.1, 0.15) is 6.42 Å². The van der Waals surface area contributed by atoms with Gasteiger partial charge in [0.25, 0.3) is 5.56 Å². The van der Waals surface area contributed by atoms with Gasteiger partial charge in [0, 0.05) is 38.8 Å². The highest BCUT2D eigenvalue weighted by Gasteiger charge is 2.14. The van der Waals surface area contributed by atoms with Crippen LogP contribution in [0, 0.1) is 0 Å². The first-order valence-corrected chi connectivity index (χ1v) is 10.7. The van der Waals surface area contributed by atoms with Gasteiger partial charge in [-0.1, -0.05) is 12.1 Å². The van der Waals surface area contributed by atoms with Crippen LogP contribution in [0.3, 0.4) is 0 Å². The van der Waals surface area contributed by atoms with Crippen molar-refractivity contribution in [2.24, 2.45) is 0 Å². The smallest absolute Gasteiger partial charge is 0.278 e. The van der Waals surface area contributed by atoms with Crippen LogP contribution in [0.4, 0.5) is 0 Å². The van der Waals surface area contributed by atoms with Gasteiger partial charge in [-0.2, -0.15) is 0 Å². The predicted molar refractivity (Wildman–Crippen MR) is 122 cm³/mol. The fourth-order valence-electron chi connectivity index (χ4n) is 3.93. The van der Waals surface area contributed by atoms with Gasteiger partial charge in [-0.25, -0.2) is 9.97 Å². The Balaban J connectivity index is 1.27. The molecule has 8 heteroatoms. The maximum absolute atomic E-state index is 12.5. The molecule has 0 saturated carbocycles. The summed E-state index contributed by atoms with van der Waals surface area (Å²) >= 11 is 0. The van der Waals surface area contributed by atoms with E-state index in [2.05, 4.69) is 36.8 Å². The second-order valence-electron chi connectivity index (χ2n) is 8.04. The standard InChI is InChI=1S/C23H26N6O2/c1-28-10-12-29(13-11-28)9-4-14-31-16-7-8-19-20(15-16)26-22(25-19)21-23(30)27-18-6-3-2-5-17(18)24-21/h2-3,5-8,15H,4,9-14H2,1H3,(H,25,26)(H,27,30). The molecular weight excluding hydrogens is 392 g/mol. The number of aromatic amines is 2. The molecule has 160 valence electrons. The molecule has 0 bridgehead atoms. The number of hydrogen-bond donors (Lipinski definition) is 2. The number of nitrogens with one attached hydrogen (secondary N) is 2. The number of para-hydroxylation sites is 2. The minimum atomic E-state index is -0.266. The van der Waals surface area contributed by atoms with Gasteiger partial charge in [-0.15, -0.1) is 0 Å². The first kappa shape index (κ1) is 19.7. The largest absolute Gasteiger partial charge is 0.493 e. The number of imidazole rings is 1. The maximum Gasteiger partial charge on any atom is 0.278 e. The topological polar surface area (TPSA) is 90.1 Å². The number of nitrogens with zero attached hydrogens (tertiary/aromatic N) is 4. The highest BCUT2D eigenvalue weighted by atomic mass is 16.5. The van der Waals surface area contributed by atoms with Crippen LogP contribution in [0.15, 0.2) is 47.3 Å². The van der Waals surface area contributed by atoms with Crippen molar-refractivity contribution in [1.29, 1.82) is 0 Å². The third-order valence-corrected chi connectivity index (χ3v) is 5.76. The van der Waals surface area contributed by atoms with Crippen molar-refractivity contribution in [3.63, 3.8) is 0 Å². The Bertz CT molecular complexity index is 1260. The summed E-state index contributed by atoms with van der Waals surface area (Å²) in [5, 5.41) is 0. The first-order valence-electron chi connectivity index (χ1n) is 10.7. The van der Waals surface area contributed by atoms with E-state index in [1.165, 1.54) is 0 Å². The van der Waals surface area contributed by atoms with E-state index in [9.17, 15) is 4.79 Å². The summed E-state index contributed by atoms with van der Waals surface area (Å²) in [6, 6.07) is 13.2. The van der Waals surface area contributed by atoms with Gasteiger partial charge in [0.05, 0.1) is 28.7 Å². The number of rotatable bonds is 6. The lowest BCUT2D eigenvalue weighted by Gasteiger charge is -2.32. The minimum absolute atomic E-state index is 0.266. The molecule has 1 fully saturated rings. The molecule has 0 unspecified atom stereocenters. The maximum atomic E-state index is 12.5. The fraction of sp³-hybridized carbons (Fsp3) is 0.348. The minimum Gasteiger partial charge on any atom is -0.493 e. The van der Waals surface area contributed by atoms with Crippen molar-refractivity contribution in [3.05, 3.63) is 52.8 Å². The number of ether oxygens (including phenoxy) is 1. The summed E-state index contributed by atoms with van der Waals surface area (Å²) in [5.74, 6) is 1.25. The van der Waals surface area contributed by atoms with Crippen LogP contribution < -0.4 is 10.3 Å². The summed E-state index contributed by atoms with van der Waals surface area (Å²) in [6.45, 7) is 6.25. The molecule has 2 aromatic carbocycles. The number of benzene rings is 2. The zero-order valence-corrected chi connectivity index (χ0v) is 17.6. The number of aromatic nitrogens is 4. The highest BCUT2D eigenvalue weighted by Crippen LogP contribution is 2.22. The molecular formula is C23H26N6O2. The second-order valence-corrected chi connectivity index (χ2v) is 8.04. The van der Waals surface area contributed by atoms with Crippen molar-refractivity contribution >= 4 is 22.1 Å². The molecule has 31 heavy (non-hydrogen) atoms. The molecule has 0 spiro atoms. The summed E-state index contributed by atoms with van der Waals surface area (Å²) < 4.78 is 5.95. The van der Waals surface area contributed by atoms with E-state index in [1.807, 2.05) is 42.5 Å². The van der Waals surface area contributed by atoms with E-state index < -0.39 is 0 Å². The molecule has 8 nitrogen and oxygen atoms in total. The van der Waals surface area contributed by atoms with Crippen molar-refractivity contribution in [2.75, 3.05) is 46.4 Å². The van der Waals surface area contributed by atoms with Crippen LogP contribution in [0.25, 0.3) is 33.6 Å². The molecule has 2 N–H and O–H groups in total. The van der Waals surface area contributed by atoms with Crippen molar-refractivity contribution in [3.8, 4) is 17.3 Å². The Hall–Kier alpha value is -3.23. The molecule has 0 amide bonds. The molecule has 4 aromatic rings. The van der Waals surface area contributed by atoms with Crippen LogP contribution in [0.2, 0.25) is 0 Å². The Kier molecular flexibility index (Phi) is 5.40. The lowest BCUT2D eigenvalue weighted by atomic mass is 10.3. The third-order valence-electron chi connectivity index (χ3n) is 5.76. The molecule has 3 heterocycles.